The Kier molecular flexibility index (Phi) is 10.4. The number of amides is 1. The molecule has 13 heteroatoms. The van der Waals surface area contributed by atoms with Crippen LogP contribution in [0.5, 0.6) is 5.75 Å². The van der Waals surface area contributed by atoms with E-state index in [4.69, 9.17) is 34.8 Å². The number of aliphatic hydroxyl groups is 1. The molecule has 0 aliphatic carbocycles. The van der Waals surface area contributed by atoms with Crippen LogP contribution < -0.4 is 10.1 Å². The van der Waals surface area contributed by atoms with Gasteiger partial charge in [-0.05, 0) is 17.7 Å². The highest BCUT2D eigenvalue weighted by molar-refractivity contribution is 5.97. The van der Waals surface area contributed by atoms with Gasteiger partial charge in [0.1, 0.15) is 5.75 Å². The second-order valence-electron chi connectivity index (χ2n) is 7.66. The summed E-state index contributed by atoms with van der Waals surface area (Å²) in [6.07, 6.45) is -2.85. The number of aliphatic hydroxyl groups excluding tert-OH is 1. The Morgan fingerprint density at radius 2 is 1.59 bits per heavy atom. The van der Waals surface area contributed by atoms with Gasteiger partial charge in [0.25, 0.3) is 5.91 Å². The van der Waals surface area contributed by atoms with E-state index in [0.29, 0.717) is 5.56 Å². The molecule has 0 saturated carbocycles. The number of terminal acetylenes is 1. The van der Waals surface area contributed by atoms with Crippen molar-refractivity contribution in [2.45, 2.75) is 58.1 Å². The number of methoxy groups -OCH3 is 1. The minimum absolute atomic E-state index is 0.0762. The average Bonchev–Trinajstić information content (AvgIpc) is 2.84. The summed E-state index contributed by atoms with van der Waals surface area (Å²) in [4.78, 5) is 60.9. The van der Waals surface area contributed by atoms with Crippen LogP contribution in [0.3, 0.4) is 0 Å². The Morgan fingerprint density at radius 3 is 2.14 bits per heavy atom. The van der Waals surface area contributed by atoms with Gasteiger partial charge in [0.15, 0.2) is 18.3 Å². The largest absolute Gasteiger partial charge is 0.467 e. The van der Waals surface area contributed by atoms with E-state index in [0.717, 1.165) is 27.9 Å². The quantitative estimate of drug-likeness (QED) is 0.245. The van der Waals surface area contributed by atoms with Crippen molar-refractivity contribution in [3.63, 3.8) is 0 Å². The zero-order valence-electron chi connectivity index (χ0n) is 20.5. The number of nitrogens with one attached hydrogen (secondary N) is 1. The first kappa shape index (κ1) is 29.1. The number of rotatable bonds is 9. The van der Waals surface area contributed by atoms with Crippen LogP contribution in [0.2, 0.25) is 0 Å². The van der Waals surface area contributed by atoms with E-state index in [-0.39, 0.29) is 17.9 Å². The van der Waals surface area contributed by atoms with Gasteiger partial charge in [-0.2, -0.15) is 0 Å². The van der Waals surface area contributed by atoms with Crippen LogP contribution in [-0.2, 0) is 49.5 Å². The molecule has 0 bridgehead atoms. The van der Waals surface area contributed by atoms with Gasteiger partial charge in [-0.15, -0.1) is 6.42 Å². The van der Waals surface area contributed by atoms with Crippen molar-refractivity contribution in [3.8, 4) is 18.1 Å². The third-order valence-electron chi connectivity index (χ3n) is 4.90. The lowest BCUT2D eigenvalue weighted by Gasteiger charge is -2.43. The maximum absolute atomic E-state index is 12.7. The van der Waals surface area contributed by atoms with Gasteiger partial charge in [0.05, 0.1) is 25.8 Å². The highest BCUT2D eigenvalue weighted by atomic mass is 16.7. The number of hydrogen-bond donors (Lipinski definition) is 2. The average molecular weight is 521 g/mol. The number of carbonyl (C=O) groups is 5. The molecule has 1 aliphatic rings. The highest BCUT2D eigenvalue weighted by Gasteiger charge is 2.56. The van der Waals surface area contributed by atoms with Gasteiger partial charge in [-0.25, -0.2) is 4.79 Å². The van der Waals surface area contributed by atoms with E-state index in [9.17, 15) is 29.1 Å². The zero-order valence-corrected chi connectivity index (χ0v) is 20.5. The van der Waals surface area contributed by atoms with E-state index in [1.165, 1.54) is 18.2 Å². The molecule has 0 aromatic heterocycles. The van der Waals surface area contributed by atoms with Gasteiger partial charge in [-0.1, -0.05) is 12.0 Å². The van der Waals surface area contributed by atoms with Crippen molar-refractivity contribution in [1.29, 1.82) is 0 Å². The third-order valence-corrected chi connectivity index (χ3v) is 4.90. The first-order valence-corrected chi connectivity index (χ1v) is 10.9. The number of hydrogen-bond acceptors (Lipinski definition) is 12. The van der Waals surface area contributed by atoms with Gasteiger partial charge in [0, 0.05) is 20.8 Å². The minimum atomic E-state index is -1.68. The van der Waals surface area contributed by atoms with Crippen molar-refractivity contribution in [1.82, 2.24) is 5.32 Å². The molecule has 1 amide bonds. The summed E-state index contributed by atoms with van der Waals surface area (Å²) in [5.41, 5.74) is 0.284. The summed E-state index contributed by atoms with van der Waals surface area (Å²) in [5.74, 6) is -2.11. The monoisotopic (exact) mass is 521 g/mol. The molecule has 2 N–H and O–H groups in total. The molecule has 1 aromatic rings. The zero-order chi connectivity index (χ0) is 27.7. The Labute approximate surface area is 212 Å². The van der Waals surface area contributed by atoms with Crippen LogP contribution in [0.15, 0.2) is 18.2 Å². The van der Waals surface area contributed by atoms with Crippen LogP contribution in [0.4, 0.5) is 0 Å². The van der Waals surface area contributed by atoms with E-state index in [1.54, 1.807) is 0 Å². The normalized spacial score (nSPS) is 22.5. The molecular weight excluding hydrogens is 494 g/mol. The van der Waals surface area contributed by atoms with Gasteiger partial charge in [0.2, 0.25) is 12.4 Å². The Morgan fingerprint density at radius 1 is 1.00 bits per heavy atom. The minimum Gasteiger partial charge on any atom is -0.467 e. The van der Waals surface area contributed by atoms with Crippen LogP contribution >= 0.6 is 0 Å². The van der Waals surface area contributed by atoms with Crippen LogP contribution in [0.25, 0.3) is 0 Å². The topological polar surface area (TPSA) is 173 Å². The number of carbonyl (C=O) groups excluding carboxylic acids is 5. The van der Waals surface area contributed by atoms with E-state index in [1.807, 2.05) is 0 Å². The number of esters is 4. The van der Waals surface area contributed by atoms with Crippen molar-refractivity contribution < 1.29 is 57.5 Å². The van der Waals surface area contributed by atoms with Gasteiger partial charge >= 0.3 is 23.9 Å². The van der Waals surface area contributed by atoms with Gasteiger partial charge in [-0.3, -0.25) is 19.2 Å². The molecule has 1 fully saturated rings. The molecule has 1 heterocycles. The molecule has 13 nitrogen and oxygen atoms in total. The SMILES string of the molecule is C#CCNC(=O)c1cc(CO)ccc1O[C@@H]1O[C@H](C(=O)OC)[C@@H](OC(C)=O)[C@H](OC(C)=O)[C@H]1OC(C)=O. The summed E-state index contributed by atoms with van der Waals surface area (Å²) in [5, 5.41) is 11.9. The molecule has 5 atom stereocenters. The smallest absolute Gasteiger partial charge is 0.339 e. The third kappa shape index (κ3) is 7.66. The first-order valence-electron chi connectivity index (χ1n) is 10.9. The van der Waals surface area contributed by atoms with E-state index < -0.39 is 67.1 Å². The molecule has 1 aromatic carbocycles. The molecule has 0 spiro atoms. The van der Waals surface area contributed by atoms with E-state index >= 15 is 0 Å². The summed E-state index contributed by atoms with van der Waals surface area (Å²) in [6, 6.07) is 4.10. The predicted octanol–water partition coefficient (Wildman–Crippen LogP) is -0.386. The second kappa shape index (κ2) is 13.2. The van der Waals surface area contributed by atoms with Crippen molar-refractivity contribution in [2.24, 2.45) is 0 Å². The second-order valence-corrected chi connectivity index (χ2v) is 7.66. The van der Waals surface area contributed by atoms with Gasteiger partial charge < -0.3 is 38.8 Å². The summed E-state index contributed by atoms with van der Waals surface area (Å²) >= 11 is 0. The van der Waals surface area contributed by atoms with Crippen molar-refractivity contribution in [2.75, 3.05) is 13.7 Å². The van der Waals surface area contributed by atoms with Crippen LogP contribution in [0, 0.1) is 12.3 Å². The molecule has 0 radical (unpaired) electrons. The number of benzene rings is 1. The molecule has 1 saturated heterocycles. The maximum atomic E-state index is 12.7. The van der Waals surface area contributed by atoms with Crippen LogP contribution in [-0.4, -0.2) is 79.3 Å². The fourth-order valence-electron chi connectivity index (χ4n) is 3.48. The lowest BCUT2D eigenvalue weighted by molar-refractivity contribution is -0.282. The molecule has 0 unspecified atom stereocenters. The lowest BCUT2D eigenvalue weighted by Crippen LogP contribution is -2.64. The highest BCUT2D eigenvalue weighted by Crippen LogP contribution is 2.32. The number of ether oxygens (including phenoxy) is 6. The Balaban J connectivity index is 2.60. The summed E-state index contributed by atoms with van der Waals surface area (Å²) < 4.78 is 32.1. The van der Waals surface area contributed by atoms with Crippen molar-refractivity contribution in [3.05, 3.63) is 29.3 Å². The van der Waals surface area contributed by atoms with Crippen molar-refractivity contribution >= 4 is 29.8 Å². The summed E-state index contributed by atoms with van der Waals surface area (Å²) in [7, 11) is 1.05. The molecular formula is C24H27NO12. The maximum Gasteiger partial charge on any atom is 0.339 e. The standard InChI is InChI=1S/C24H27NO12/c1-6-9-25-22(30)16-10-15(11-26)7-8-17(16)36-24-21(35-14(4)29)19(34-13(3)28)18(33-12(2)27)20(37-24)23(31)32-5/h1,7-8,10,18-21,24,26H,9,11H2,2-5H3,(H,25,30)/t18-,19-,20-,21+,24+/m0/s1. The fourth-order valence-corrected chi connectivity index (χ4v) is 3.48. The molecule has 1 aliphatic heterocycles. The molecule has 37 heavy (non-hydrogen) atoms. The summed E-state index contributed by atoms with van der Waals surface area (Å²) in [6.45, 7) is 2.65. The molecule has 2 rings (SSSR count). The van der Waals surface area contributed by atoms with Crippen LogP contribution in [0.1, 0.15) is 36.7 Å². The predicted molar refractivity (Wildman–Crippen MR) is 121 cm³/mol. The lowest BCUT2D eigenvalue weighted by atomic mass is 9.97. The Bertz CT molecular complexity index is 1080. The van der Waals surface area contributed by atoms with E-state index in [2.05, 4.69) is 11.2 Å². The Hall–Kier alpha value is -4.15. The molecule has 200 valence electrons. The fraction of sp³-hybridized carbons (Fsp3) is 0.458. The first-order chi connectivity index (χ1) is 17.5.